The van der Waals surface area contributed by atoms with Gasteiger partial charge in [-0.05, 0) is 30.4 Å². The monoisotopic (exact) mass is 294 g/mol. The predicted octanol–water partition coefficient (Wildman–Crippen LogP) is 3.51. The van der Waals surface area contributed by atoms with Crippen molar-refractivity contribution in [2.45, 2.75) is 39.5 Å². The van der Waals surface area contributed by atoms with Gasteiger partial charge in [0.05, 0.1) is 11.4 Å². The van der Waals surface area contributed by atoms with E-state index in [1.54, 1.807) is 0 Å². The Hall–Kier alpha value is -1.78. The number of carbonyl (C=O) groups is 1. The van der Waals surface area contributed by atoms with E-state index in [0.717, 1.165) is 38.8 Å². The maximum atomic E-state index is 13.5. The Bertz CT molecular complexity index is 531. The summed E-state index contributed by atoms with van der Waals surface area (Å²) < 4.78 is 13.5. The van der Waals surface area contributed by atoms with E-state index in [1.165, 1.54) is 12.1 Å². The molecule has 1 aromatic carbocycles. The van der Waals surface area contributed by atoms with E-state index in [0.29, 0.717) is 11.1 Å². The van der Waals surface area contributed by atoms with Gasteiger partial charge in [-0.2, -0.15) is 0 Å². The van der Waals surface area contributed by atoms with E-state index >= 15 is 0 Å². The molecule has 0 unspecified atom stereocenters. The summed E-state index contributed by atoms with van der Waals surface area (Å²) in [7, 11) is 0. The van der Waals surface area contributed by atoms with Gasteiger partial charge in [-0.1, -0.05) is 26.7 Å². The summed E-state index contributed by atoms with van der Waals surface area (Å²) in [6.07, 6.45) is 4.32. The molecule has 1 saturated heterocycles. The van der Waals surface area contributed by atoms with Gasteiger partial charge in [0, 0.05) is 13.1 Å². The number of carboxylic acid groups (broad SMARTS) is 1. The Labute approximate surface area is 124 Å². The first-order chi connectivity index (χ1) is 9.94. The van der Waals surface area contributed by atoms with Crippen LogP contribution in [0.4, 0.5) is 15.8 Å². The number of anilines is 2. The molecule has 0 aliphatic carbocycles. The number of nitrogens with two attached hydrogens (primary N) is 1. The minimum absolute atomic E-state index is 0.115. The molecule has 1 heterocycles. The van der Waals surface area contributed by atoms with Gasteiger partial charge in [0.2, 0.25) is 0 Å². The van der Waals surface area contributed by atoms with Crippen LogP contribution in [0.3, 0.4) is 0 Å². The predicted molar refractivity (Wildman–Crippen MR) is 82.2 cm³/mol. The zero-order chi connectivity index (χ0) is 15.6. The second kappa shape index (κ2) is 5.92. The van der Waals surface area contributed by atoms with E-state index in [4.69, 9.17) is 5.73 Å². The summed E-state index contributed by atoms with van der Waals surface area (Å²) >= 11 is 0. The van der Waals surface area contributed by atoms with Crippen molar-refractivity contribution in [1.82, 2.24) is 0 Å². The lowest BCUT2D eigenvalue weighted by molar-refractivity contribution is 0.0698. The van der Waals surface area contributed by atoms with Gasteiger partial charge in [0.15, 0.2) is 0 Å². The van der Waals surface area contributed by atoms with Crippen LogP contribution in [-0.2, 0) is 0 Å². The second-order valence-corrected chi connectivity index (χ2v) is 5.85. The van der Waals surface area contributed by atoms with Crippen LogP contribution in [0, 0.1) is 11.2 Å². The average Bonchev–Trinajstić information content (AvgIpc) is 2.49. The van der Waals surface area contributed by atoms with Crippen molar-refractivity contribution >= 4 is 17.3 Å². The molecule has 21 heavy (non-hydrogen) atoms. The zero-order valence-electron chi connectivity index (χ0n) is 12.7. The van der Waals surface area contributed by atoms with Crippen LogP contribution in [0.1, 0.15) is 49.9 Å². The highest BCUT2D eigenvalue weighted by Gasteiger charge is 2.33. The van der Waals surface area contributed by atoms with Crippen molar-refractivity contribution in [3.63, 3.8) is 0 Å². The molecule has 1 aliphatic heterocycles. The Morgan fingerprint density at radius 1 is 1.33 bits per heavy atom. The number of rotatable bonds is 4. The fraction of sp³-hybridized carbons (Fsp3) is 0.562. The standard InChI is InChI=1S/C16H23FN2O2/c1-3-16(4-2)7-9-19(10-8-16)12-6-5-11(17)14(18)13(12)15(20)21/h5-6H,3-4,7-10,18H2,1-2H3,(H,20,21). The normalized spacial score (nSPS) is 17.8. The lowest BCUT2D eigenvalue weighted by Gasteiger charge is -2.42. The topological polar surface area (TPSA) is 66.6 Å². The van der Waals surface area contributed by atoms with Gasteiger partial charge < -0.3 is 15.7 Å². The molecule has 3 N–H and O–H groups in total. The Kier molecular flexibility index (Phi) is 4.40. The summed E-state index contributed by atoms with van der Waals surface area (Å²) in [4.78, 5) is 13.4. The maximum Gasteiger partial charge on any atom is 0.340 e. The molecule has 2 rings (SSSR count). The summed E-state index contributed by atoms with van der Waals surface area (Å²) in [6.45, 7) is 5.98. The van der Waals surface area contributed by atoms with Crippen LogP contribution < -0.4 is 10.6 Å². The third-order valence-electron chi connectivity index (χ3n) is 5.05. The molecule has 1 aromatic rings. The molecular weight excluding hydrogens is 271 g/mol. The summed E-state index contributed by atoms with van der Waals surface area (Å²) in [6, 6.07) is 2.78. The molecular formula is C16H23FN2O2. The number of nitrogens with zero attached hydrogens (tertiary/aromatic N) is 1. The number of hydrogen-bond acceptors (Lipinski definition) is 3. The number of benzene rings is 1. The second-order valence-electron chi connectivity index (χ2n) is 5.85. The molecule has 0 amide bonds. The maximum absolute atomic E-state index is 13.5. The highest BCUT2D eigenvalue weighted by Crippen LogP contribution is 2.40. The summed E-state index contributed by atoms with van der Waals surface area (Å²) in [5.41, 5.74) is 6.11. The third-order valence-corrected chi connectivity index (χ3v) is 5.05. The molecule has 4 nitrogen and oxygen atoms in total. The average molecular weight is 294 g/mol. The lowest BCUT2D eigenvalue weighted by Crippen LogP contribution is -2.40. The van der Waals surface area contributed by atoms with Crippen LogP contribution in [0.2, 0.25) is 0 Å². The summed E-state index contributed by atoms with van der Waals surface area (Å²) in [5.74, 6) is -1.85. The summed E-state index contributed by atoms with van der Waals surface area (Å²) in [5, 5.41) is 9.32. The van der Waals surface area contributed by atoms with E-state index < -0.39 is 11.8 Å². The molecule has 1 fully saturated rings. The van der Waals surface area contributed by atoms with Gasteiger partial charge in [-0.3, -0.25) is 0 Å². The van der Waals surface area contributed by atoms with Crippen LogP contribution >= 0.6 is 0 Å². The molecule has 116 valence electrons. The molecule has 0 atom stereocenters. The van der Waals surface area contributed by atoms with Crippen molar-refractivity contribution in [3.8, 4) is 0 Å². The first-order valence-electron chi connectivity index (χ1n) is 7.50. The van der Waals surface area contributed by atoms with Crippen LogP contribution in [0.15, 0.2) is 12.1 Å². The van der Waals surface area contributed by atoms with Crippen LogP contribution in [-0.4, -0.2) is 24.2 Å². The molecule has 0 spiro atoms. The van der Waals surface area contributed by atoms with Gasteiger partial charge in [0.25, 0.3) is 0 Å². The van der Waals surface area contributed by atoms with E-state index in [1.807, 2.05) is 4.90 Å². The third kappa shape index (κ3) is 2.82. The number of hydrogen-bond donors (Lipinski definition) is 2. The number of piperidine rings is 1. The fourth-order valence-corrected chi connectivity index (χ4v) is 3.25. The van der Waals surface area contributed by atoms with E-state index in [2.05, 4.69) is 13.8 Å². The fourth-order valence-electron chi connectivity index (χ4n) is 3.25. The van der Waals surface area contributed by atoms with Crippen molar-refractivity contribution in [3.05, 3.63) is 23.5 Å². The SMILES string of the molecule is CCC1(CC)CCN(c2ccc(F)c(N)c2C(=O)O)CC1. The quantitative estimate of drug-likeness (QED) is 0.834. The Balaban J connectivity index is 2.29. The highest BCUT2D eigenvalue weighted by atomic mass is 19.1. The first-order valence-corrected chi connectivity index (χ1v) is 7.50. The zero-order valence-corrected chi connectivity index (χ0v) is 12.7. The van der Waals surface area contributed by atoms with Gasteiger partial charge in [-0.25, -0.2) is 9.18 Å². The van der Waals surface area contributed by atoms with Crippen molar-refractivity contribution < 1.29 is 14.3 Å². The van der Waals surface area contributed by atoms with Crippen LogP contribution in [0.25, 0.3) is 0 Å². The van der Waals surface area contributed by atoms with Crippen LogP contribution in [0.5, 0.6) is 0 Å². The number of nitrogen functional groups attached to an aromatic ring is 1. The first kappa shape index (κ1) is 15.6. The molecule has 5 heteroatoms. The number of aromatic carboxylic acids is 1. The minimum atomic E-state index is -1.18. The smallest absolute Gasteiger partial charge is 0.340 e. The Morgan fingerprint density at radius 2 is 1.90 bits per heavy atom. The minimum Gasteiger partial charge on any atom is -0.478 e. The molecule has 0 saturated carbocycles. The Morgan fingerprint density at radius 3 is 2.38 bits per heavy atom. The van der Waals surface area contributed by atoms with Crippen molar-refractivity contribution in [2.24, 2.45) is 5.41 Å². The van der Waals surface area contributed by atoms with Gasteiger partial charge in [-0.15, -0.1) is 0 Å². The van der Waals surface area contributed by atoms with Gasteiger partial charge in [0.1, 0.15) is 11.4 Å². The molecule has 0 aromatic heterocycles. The number of halogens is 1. The number of carboxylic acids is 1. The van der Waals surface area contributed by atoms with Crippen molar-refractivity contribution in [2.75, 3.05) is 23.7 Å². The van der Waals surface area contributed by atoms with Crippen molar-refractivity contribution in [1.29, 1.82) is 0 Å². The van der Waals surface area contributed by atoms with E-state index in [9.17, 15) is 14.3 Å². The largest absolute Gasteiger partial charge is 0.478 e. The molecule has 1 aliphatic rings. The molecule has 0 radical (unpaired) electrons. The molecule has 0 bridgehead atoms. The lowest BCUT2D eigenvalue weighted by atomic mass is 9.74. The highest BCUT2D eigenvalue weighted by molar-refractivity contribution is 6.00. The van der Waals surface area contributed by atoms with E-state index in [-0.39, 0.29) is 11.3 Å². The van der Waals surface area contributed by atoms with Gasteiger partial charge >= 0.3 is 5.97 Å².